The van der Waals surface area contributed by atoms with Gasteiger partial charge in [-0.1, -0.05) is 87.9 Å². The summed E-state index contributed by atoms with van der Waals surface area (Å²) >= 11 is 3.01. The summed E-state index contributed by atoms with van der Waals surface area (Å²) in [6.07, 6.45) is 38.4. The maximum Gasteiger partial charge on any atom is 0.234 e. The van der Waals surface area contributed by atoms with Crippen molar-refractivity contribution in [3.63, 3.8) is 0 Å². The average molecular weight is 1840 g/mol. The number of rotatable bonds is 14. The lowest BCUT2D eigenvalue weighted by molar-refractivity contribution is -0.142. The third-order valence-electron chi connectivity index (χ3n) is 28.2. The Morgan fingerprint density at radius 2 is 0.690 bits per heavy atom. The Morgan fingerprint density at radius 3 is 1.01 bits per heavy atom. The van der Waals surface area contributed by atoms with Crippen LogP contribution in [0.2, 0.25) is 0 Å². The van der Waals surface area contributed by atoms with Crippen LogP contribution in [0.15, 0.2) is 110 Å². The first-order valence-corrected chi connectivity index (χ1v) is 45.7. The van der Waals surface area contributed by atoms with E-state index < -0.39 is 75.5 Å². The SMILES string of the molecule is C#CCBr.C#CCN1C(=O)[C@@H]2[C@H](C1=O)[C@@H]1C=C[C@H]2C1.O=C1NC(=O)[C@H]2[C@@H]1[C@H]1C=C[C@@H]2C1.[2H]C([2H])(C#CCN1C(=O)[C@@H]2[C@H](C1=O)[C@@H]1C=C[C@H]2C1)N1CCN(c2ncccn2)CC1.[2H]C([2H])=O.[2H]C1C([2H])[C@@H]2C[C@H]1[C@@H]1C(=O)N(CC#CC([2H])([2H])N3CCN(c4ncccn4)CC3)C(=O)[C@@H]12.[2H]C1C([2H])[C@@H]2C[C@H]1[C@@H]1C(=O)N(CCCC([2H])([2H])N3CCN(c4ncccn4)CC3)C(=O)[C@@H]12.[2H][2H].[HH].c1cnc(N2CCNCC2)nc1. The lowest BCUT2D eigenvalue weighted by Gasteiger charge is -2.34. The fourth-order valence-electron chi connectivity index (χ4n) is 22.2. The summed E-state index contributed by atoms with van der Waals surface area (Å²) in [6, 6.07) is 7.12. The number of aromatic nitrogens is 8. The number of allylic oxidation sites excluding steroid dienone is 6. The number of carbonyl (C=O) groups excluding carboxylic acids is 11. The van der Waals surface area contributed by atoms with Crippen molar-refractivity contribution in [2.24, 2.45) is 118 Å². The van der Waals surface area contributed by atoms with Crippen molar-refractivity contribution in [3.05, 3.63) is 110 Å². The number of nitrogens with zero attached hydrogens (tertiary/aromatic N) is 19. The zero-order valence-corrected chi connectivity index (χ0v) is 73.2. The number of carbonyl (C=O) groups is 11. The van der Waals surface area contributed by atoms with Crippen LogP contribution in [-0.2, 0) is 52.7 Å². The molecule has 0 aromatic carbocycles. The summed E-state index contributed by atoms with van der Waals surface area (Å²) in [6.45, 7) is 4.26. The molecule has 129 heavy (non-hydrogen) atoms. The van der Waals surface area contributed by atoms with Gasteiger partial charge < -0.3 is 29.7 Å². The monoisotopic (exact) mass is 1830 g/mol. The van der Waals surface area contributed by atoms with E-state index in [0.29, 0.717) is 133 Å². The van der Waals surface area contributed by atoms with Gasteiger partial charge in [0.25, 0.3) is 0 Å². The third-order valence-corrected chi connectivity index (χ3v) is 28.5. The second-order valence-corrected chi connectivity index (χ2v) is 35.5. The van der Waals surface area contributed by atoms with Crippen molar-refractivity contribution in [1.82, 2.24) is 84.8 Å². The minimum Gasteiger partial charge on any atom is -0.338 e. The summed E-state index contributed by atoms with van der Waals surface area (Å²) in [5.74, 6) is 14.9. The zero-order chi connectivity index (χ0) is 102. The van der Waals surface area contributed by atoms with E-state index in [1.54, 1.807) is 77.6 Å². The molecule has 0 spiro atoms. The molecule has 32 nitrogen and oxygen atoms in total. The highest BCUT2D eigenvalue weighted by Gasteiger charge is 2.64. The Kier molecular flexibility index (Phi) is 24.6. The van der Waals surface area contributed by atoms with E-state index in [2.05, 4.69) is 143 Å². The normalized spacial score (nSPS) is 35.9. The maximum absolute atomic E-state index is 12.9. The van der Waals surface area contributed by atoms with Gasteiger partial charge in [-0.2, -0.15) is 0 Å². The van der Waals surface area contributed by atoms with Crippen molar-refractivity contribution in [3.8, 4) is 48.4 Å². The molecule has 2 N–H and O–H groups in total. The lowest BCUT2D eigenvalue weighted by Crippen LogP contribution is -2.47. The summed E-state index contributed by atoms with van der Waals surface area (Å²) < 4.78 is 104. The molecule has 9 saturated heterocycles. The number of nitrogens with one attached hydrogen (secondary N) is 2. The zero-order valence-electron chi connectivity index (χ0n) is 85.6. The largest absolute Gasteiger partial charge is 0.338 e. The average Bonchev–Trinajstić information content (AvgIpc) is 1.57. The predicted octanol–water partition coefficient (Wildman–Crippen LogP) is 4.17. The van der Waals surface area contributed by atoms with Crippen LogP contribution in [0.25, 0.3) is 0 Å². The molecular weight excluding hydrogens is 1700 g/mol. The summed E-state index contributed by atoms with van der Waals surface area (Å²) in [7, 11) is 0. The number of fused-ring (bicyclic) bond motifs is 25. The fraction of sp³-hybridized carbons (Fsp3) is 0.573. The molecule has 13 heterocycles. The van der Waals surface area contributed by atoms with Gasteiger partial charge in [-0.05, 0) is 160 Å². The first-order valence-electron chi connectivity index (χ1n) is 51.9. The second kappa shape index (κ2) is 42.1. The molecule has 16 fully saturated rings. The first kappa shape index (κ1) is 75.5. The van der Waals surface area contributed by atoms with Crippen LogP contribution in [0.5, 0.6) is 0 Å². The number of anilines is 4. The molecule has 33 heteroatoms. The highest BCUT2D eigenvalue weighted by molar-refractivity contribution is 9.09. The summed E-state index contributed by atoms with van der Waals surface area (Å²) in [5, 5.41) is 6.35. The smallest absolute Gasteiger partial charge is 0.234 e. The number of amides is 10. The van der Waals surface area contributed by atoms with E-state index in [9.17, 15) is 47.9 Å². The predicted molar refractivity (Wildman–Crippen MR) is 486 cm³/mol. The molecule has 4 aromatic rings. The molecule has 4 unspecified atom stereocenters. The number of alkyl halides is 1. The molecule has 10 aliphatic carbocycles. The van der Waals surface area contributed by atoms with Gasteiger partial charge in [-0.3, -0.25) is 87.6 Å². The number of terminal acetylenes is 2. The van der Waals surface area contributed by atoms with Crippen LogP contribution in [0.3, 0.4) is 0 Å². The van der Waals surface area contributed by atoms with Crippen LogP contribution in [-0.4, -0.2) is 296 Å². The van der Waals surface area contributed by atoms with Gasteiger partial charge in [0.15, 0.2) is 0 Å². The molecule has 10 amide bonds. The molecule has 19 aliphatic rings. The number of likely N-dealkylation sites (tertiary alicyclic amines) is 4. The Morgan fingerprint density at radius 1 is 0.403 bits per heavy atom. The summed E-state index contributed by atoms with van der Waals surface area (Å²) in [5.41, 5.74) is 0. The molecule has 4 aromatic heterocycles. The van der Waals surface area contributed by atoms with Crippen LogP contribution in [0.1, 0.15) is 91.4 Å². The van der Waals surface area contributed by atoms with Crippen LogP contribution in [0, 0.1) is 167 Å². The third kappa shape index (κ3) is 19.5. The lowest BCUT2D eigenvalue weighted by atomic mass is 9.81. The van der Waals surface area contributed by atoms with Gasteiger partial charge in [0.05, 0.1) is 103 Å². The van der Waals surface area contributed by atoms with E-state index in [1.165, 1.54) is 14.7 Å². The number of hydrogen-bond acceptors (Lipinski definition) is 27. The van der Waals surface area contributed by atoms with E-state index >= 15 is 0 Å². The Balaban J connectivity index is 0.000000139. The Bertz CT molecular complexity index is 5490. The molecule has 680 valence electrons. The van der Waals surface area contributed by atoms with E-state index in [4.69, 9.17) is 37.1 Å². The number of hydrogen-bond donors (Lipinski definition) is 2. The van der Waals surface area contributed by atoms with Gasteiger partial charge in [0.2, 0.25) is 82.9 Å². The quantitative estimate of drug-likeness (QED) is 0.0774. The van der Waals surface area contributed by atoms with Gasteiger partial charge in [0, 0.05) is 173 Å². The van der Waals surface area contributed by atoms with Crippen molar-refractivity contribution in [1.29, 1.82) is 0 Å². The minimum absolute atomic E-state index is 0. The number of piperazine rings is 4. The van der Waals surface area contributed by atoms with E-state index in [-0.39, 0.29) is 176 Å². The molecule has 10 bridgehead atoms. The number of halogens is 1. The highest BCUT2D eigenvalue weighted by Crippen LogP contribution is 2.59. The van der Waals surface area contributed by atoms with Crippen LogP contribution >= 0.6 is 15.9 Å². The topological polar surface area (TPSA) is 351 Å². The Hall–Kier alpha value is -11.3. The maximum atomic E-state index is 12.9. The van der Waals surface area contributed by atoms with Crippen molar-refractivity contribution >= 4 is 106 Å². The standard InChI is InChI=1S/C21H29N5O2.C21H25N5O2.C21H23N5O2.C12H11NO2.C9H9NO2.C8H12N4.C3H3Br.CH2O.2H2/c3*27-19-17-15-4-5-16(14-15)18(17)20(28)26(19)9-2-1-8-24-10-12-25(13-11-24)21-22-6-3-7-23-21;1-2-5-13-11(14)9-7-3-4-8(6-7)10(9)12(13)15;11-8-6-4-1-2-5(3-4)7(6)9(12)10-8;1-2-10-8(11-3-1)12-6-4-9-5-7-12;1-2-3-4;1-2;;/h3,6-7,15-18H,1-2,4-5,8-14H2;3,6-7,15-18H,4-5,8-14H2;3-7,15-18H,8-14H2;1,3-4,7-10H,5-6H2;1-2,4-7H,3H2,(H,10,11,12);1-3,9H,4-7H2;1H,3H2;1H2;2*1H/t3*15-,16+,17-,18+;7-,8+,9-,10+;4-,5+,6-,7+;;;;;/i2*4D,5D,8D2;8D2;;;;;1D2;1+1D;/t2*4?,5?,15-,16+,17-,18+;m;;;;;;;. The molecule has 0 radical (unpaired) electrons. The summed E-state index contributed by atoms with van der Waals surface area (Å²) in [4.78, 5) is 184. The van der Waals surface area contributed by atoms with E-state index in [1.807, 2.05) is 25.7 Å². The van der Waals surface area contributed by atoms with Gasteiger partial charge in [0.1, 0.15) is 9.48 Å². The number of imide groups is 5. The molecular formula is C96H118BrN21O11. The van der Waals surface area contributed by atoms with E-state index in [0.717, 1.165) is 56.3 Å². The van der Waals surface area contributed by atoms with Crippen molar-refractivity contribution in [2.45, 2.75) is 70.5 Å². The van der Waals surface area contributed by atoms with Crippen LogP contribution < -0.4 is 30.2 Å². The van der Waals surface area contributed by atoms with Crippen molar-refractivity contribution in [2.75, 3.05) is 175 Å². The fourth-order valence-corrected chi connectivity index (χ4v) is 22.2. The molecule has 7 saturated carbocycles. The second-order valence-electron chi connectivity index (χ2n) is 35.0. The molecule has 9 aliphatic heterocycles. The van der Waals surface area contributed by atoms with Crippen LogP contribution in [0.4, 0.5) is 23.8 Å². The van der Waals surface area contributed by atoms with Gasteiger partial charge >= 0.3 is 0 Å². The van der Waals surface area contributed by atoms with Crippen molar-refractivity contribution < 1.29 is 73.6 Å². The van der Waals surface area contributed by atoms with Gasteiger partial charge in [-0.25, -0.2) is 39.9 Å². The van der Waals surface area contributed by atoms with Gasteiger partial charge in [-0.15, -0.1) is 12.8 Å². The highest BCUT2D eigenvalue weighted by atomic mass is 79.9. The molecule has 23 rings (SSSR count). The molecule has 24 atom stereocenters. The Labute approximate surface area is 783 Å². The first-order chi connectivity index (χ1) is 68.7. The minimum atomic E-state index is -1.89.